The van der Waals surface area contributed by atoms with Gasteiger partial charge in [0.15, 0.2) is 0 Å². The topological polar surface area (TPSA) is 35.5 Å². The van der Waals surface area contributed by atoms with E-state index in [4.69, 9.17) is 9.47 Å². The van der Waals surface area contributed by atoms with Gasteiger partial charge in [0, 0.05) is 18.4 Å². The van der Waals surface area contributed by atoms with Crippen LogP contribution in [-0.4, -0.2) is 20.0 Å². The van der Waals surface area contributed by atoms with Crippen LogP contribution in [0.1, 0.15) is 25.8 Å². The van der Waals surface area contributed by atoms with E-state index in [1.165, 1.54) is 0 Å². The van der Waals surface area contributed by atoms with Gasteiger partial charge in [0.05, 0.1) is 14.2 Å². The van der Waals surface area contributed by atoms with Gasteiger partial charge < -0.3 is 9.47 Å². The van der Waals surface area contributed by atoms with Gasteiger partial charge in [-0.3, -0.25) is 4.79 Å². The highest BCUT2D eigenvalue weighted by Gasteiger charge is 2.08. The van der Waals surface area contributed by atoms with Crippen LogP contribution in [0.15, 0.2) is 18.2 Å². The zero-order chi connectivity index (χ0) is 12.8. The summed E-state index contributed by atoms with van der Waals surface area (Å²) in [4.78, 5) is 11.6. The maximum absolute atomic E-state index is 11.6. The number of ether oxygens (including phenoxy) is 2. The summed E-state index contributed by atoms with van der Waals surface area (Å²) in [7, 11) is 3.25. The summed E-state index contributed by atoms with van der Waals surface area (Å²) in [5.41, 5.74) is 1.07. The predicted octanol–water partition coefficient (Wildman–Crippen LogP) is 2.86. The van der Waals surface area contributed by atoms with Crippen LogP contribution < -0.4 is 9.47 Å². The standard InChI is InChI=1S/C14H20O3/c1-10(2)14(15)6-5-11-7-12(16-3)9-13(8-11)17-4/h7-10H,5-6H2,1-4H3. The third kappa shape index (κ3) is 4.10. The first-order valence-corrected chi connectivity index (χ1v) is 5.81. The number of hydrogen-bond acceptors (Lipinski definition) is 3. The Hall–Kier alpha value is -1.51. The Balaban J connectivity index is 2.73. The molecule has 1 aromatic carbocycles. The molecule has 3 heteroatoms. The summed E-state index contributed by atoms with van der Waals surface area (Å²) in [5, 5.41) is 0. The van der Waals surface area contributed by atoms with Gasteiger partial charge in [0.1, 0.15) is 17.3 Å². The fourth-order valence-corrected chi connectivity index (χ4v) is 1.57. The lowest BCUT2D eigenvalue weighted by molar-refractivity contribution is -0.121. The first-order valence-electron chi connectivity index (χ1n) is 5.81. The van der Waals surface area contributed by atoms with Gasteiger partial charge in [-0.1, -0.05) is 13.8 Å². The van der Waals surface area contributed by atoms with Crippen LogP contribution in [0.2, 0.25) is 0 Å². The second kappa shape index (κ2) is 6.28. The molecule has 0 N–H and O–H groups in total. The number of benzene rings is 1. The summed E-state index contributed by atoms with van der Waals surface area (Å²) in [6.07, 6.45) is 1.29. The maximum atomic E-state index is 11.6. The average molecular weight is 236 g/mol. The quantitative estimate of drug-likeness (QED) is 0.762. The van der Waals surface area contributed by atoms with Crippen molar-refractivity contribution in [3.63, 3.8) is 0 Å². The van der Waals surface area contributed by atoms with Gasteiger partial charge in [-0.25, -0.2) is 0 Å². The molecule has 0 atom stereocenters. The number of rotatable bonds is 6. The molecule has 0 aliphatic heterocycles. The highest BCUT2D eigenvalue weighted by atomic mass is 16.5. The van der Waals surface area contributed by atoms with E-state index in [0.717, 1.165) is 23.5 Å². The summed E-state index contributed by atoms with van der Waals surface area (Å²) in [6, 6.07) is 5.71. The molecular weight excluding hydrogens is 216 g/mol. The molecule has 3 nitrogen and oxygen atoms in total. The minimum atomic E-state index is 0.0995. The van der Waals surface area contributed by atoms with Crippen LogP contribution in [0.25, 0.3) is 0 Å². The molecule has 17 heavy (non-hydrogen) atoms. The molecule has 1 aromatic rings. The summed E-state index contributed by atoms with van der Waals surface area (Å²) < 4.78 is 10.4. The molecule has 0 aromatic heterocycles. The van der Waals surface area contributed by atoms with Crippen molar-refractivity contribution in [1.82, 2.24) is 0 Å². The van der Waals surface area contributed by atoms with Crippen LogP contribution in [0, 0.1) is 5.92 Å². The Kier molecular flexibility index (Phi) is 5.01. The molecule has 94 valence electrons. The van der Waals surface area contributed by atoms with E-state index >= 15 is 0 Å². The Morgan fingerprint density at radius 3 is 2.06 bits per heavy atom. The average Bonchev–Trinajstić information content (AvgIpc) is 2.35. The first-order chi connectivity index (χ1) is 8.06. The molecule has 0 spiro atoms. The Bertz CT molecular complexity index is 361. The van der Waals surface area contributed by atoms with Gasteiger partial charge in [-0.15, -0.1) is 0 Å². The summed E-state index contributed by atoms with van der Waals surface area (Å²) in [6.45, 7) is 3.85. The SMILES string of the molecule is COc1cc(CCC(=O)C(C)C)cc(OC)c1. The van der Waals surface area contributed by atoms with E-state index in [0.29, 0.717) is 6.42 Å². The molecule has 0 saturated heterocycles. The largest absolute Gasteiger partial charge is 0.497 e. The Morgan fingerprint density at radius 1 is 1.12 bits per heavy atom. The van der Waals surface area contributed by atoms with Crippen molar-refractivity contribution in [1.29, 1.82) is 0 Å². The van der Waals surface area contributed by atoms with Crippen molar-refractivity contribution >= 4 is 5.78 Å². The normalized spacial score (nSPS) is 10.4. The number of carbonyl (C=O) groups excluding carboxylic acids is 1. The lowest BCUT2D eigenvalue weighted by Crippen LogP contribution is -2.07. The number of Topliss-reactive ketones (excluding diaryl/α,β-unsaturated/α-hetero) is 1. The van der Waals surface area contributed by atoms with E-state index in [9.17, 15) is 4.79 Å². The van der Waals surface area contributed by atoms with Gasteiger partial charge in [0.25, 0.3) is 0 Å². The smallest absolute Gasteiger partial charge is 0.135 e. The fourth-order valence-electron chi connectivity index (χ4n) is 1.57. The molecule has 1 rings (SSSR count). The number of carbonyl (C=O) groups is 1. The molecule has 0 aliphatic rings. The minimum Gasteiger partial charge on any atom is -0.497 e. The lowest BCUT2D eigenvalue weighted by atomic mass is 10.0. The highest BCUT2D eigenvalue weighted by Crippen LogP contribution is 2.23. The molecule has 0 heterocycles. The van der Waals surface area contributed by atoms with Crippen LogP contribution in [0.4, 0.5) is 0 Å². The van der Waals surface area contributed by atoms with Crippen molar-refractivity contribution in [3.05, 3.63) is 23.8 Å². The number of methoxy groups -OCH3 is 2. The molecule has 0 fully saturated rings. The van der Waals surface area contributed by atoms with Crippen molar-refractivity contribution < 1.29 is 14.3 Å². The van der Waals surface area contributed by atoms with Gasteiger partial charge in [-0.2, -0.15) is 0 Å². The fraction of sp³-hybridized carbons (Fsp3) is 0.500. The minimum absolute atomic E-state index is 0.0995. The lowest BCUT2D eigenvalue weighted by Gasteiger charge is -2.09. The second-order valence-corrected chi connectivity index (χ2v) is 4.34. The second-order valence-electron chi connectivity index (χ2n) is 4.34. The van der Waals surface area contributed by atoms with Crippen molar-refractivity contribution in [2.75, 3.05) is 14.2 Å². The van der Waals surface area contributed by atoms with Gasteiger partial charge in [0.2, 0.25) is 0 Å². The summed E-state index contributed by atoms with van der Waals surface area (Å²) >= 11 is 0. The van der Waals surface area contributed by atoms with Crippen LogP contribution in [0.5, 0.6) is 11.5 Å². The number of hydrogen-bond donors (Lipinski definition) is 0. The Morgan fingerprint density at radius 2 is 1.65 bits per heavy atom. The van der Waals surface area contributed by atoms with Crippen molar-refractivity contribution in [3.8, 4) is 11.5 Å². The van der Waals surface area contributed by atoms with Crippen molar-refractivity contribution in [2.45, 2.75) is 26.7 Å². The number of aryl methyl sites for hydroxylation is 1. The first kappa shape index (κ1) is 13.6. The van der Waals surface area contributed by atoms with Gasteiger partial charge >= 0.3 is 0 Å². The van der Waals surface area contributed by atoms with Crippen LogP contribution in [-0.2, 0) is 11.2 Å². The van der Waals surface area contributed by atoms with Crippen molar-refractivity contribution in [2.24, 2.45) is 5.92 Å². The van der Waals surface area contributed by atoms with E-state index in [2.05, 4.69) is 0 Å². The predicted molar refractivity (Wildman–Crippen MR) is 67.7 cm³/mol. The molecule has 0 aliphatic carbocycles. The van der Waals surface area contributed by atoms with Gasteiger partial charge in [-0.05, 0) is 24.1 Å². The Labute approximate surface area is 103 Å². The molecular formula is C14H20O3. The zero-order valence-corrected chi connectivity index (χ0v) is 10.9. The molecule has 0 unspecified atom stereocenters. The van der Waals surface area contributed by atoms with E-state index in [1.54, 1.807) is 14.2 Å². The summed E-state index contributed by atoms with van der Waals surface area (Å²) in [5.74, 6) is 1.90. The molecule has 0 saturated carbocycles. The third-order valence-electron chi connectivity index (χ3n) is 2.72. The molecule has 0 bridgehead atoms. The van der Waals surface area contributed by atoms with E-state index in [-0.39, 0.29) is 11.7 Å². The highest BCUT2D eigenvalue weighted by molar-refractivity contribution is 5.80. The maximum Gasteiger partial charge on any atom is 0.135 e. The molecule has 0 amide bonds. The monoisotopic (exact) mass is 236 g/mol. The van der Waals surface area contributed by atoms with E-state index < -0.39 is 0 Å². The third-order valence-corrected chi connectivity index (χ3v) is 2.72. The van der Waals surface area contributed by atoms with Crippen LogP contribution >= 0.6 is 0 Å². The molecule has 0 radical (unpaired) electrons. The van der Waals surface area contributed by atoms with E-state index in [1.807, 2.05) is 32.0 Å². The zero-order valence-electron chi connectivity index (χ0n) is 10.9. The van der Waals surface area contributed by atoms with Crippen LogP contribution in [0.3, 0.4) is 0 Å². The number of ketones is 1.